The van der Waals surface area contributed by atoms with Crippen LogP contribution < -0.4 is 10.1 Å². The summed E-state index contributed by atoms with van der Waals surface area (Å²) in [5, 5.41) is 10.6. The monoisotopic (exact) mass is 309 g/mol. The first kappa shape index (κ1) is 14.8. The van der Waals surface area contributed by atoms with Crippen LogP contribution in [-0.2, 0) is 0 Å². The molecule has 116 valence electrons. The fourth-order valence-electron chi connectivity index (χ4n) is 2.06. The molecule has 0 spiro atoms. The summed E-state index contributed by atoms with van der Waals surface area (Å²) in [6, 6.07) is 14.1. The van der Waals surface area contributed by atoms with Crippen LogP contribution in [0.2, 0.25) is 0 Å². The second kappa shape index (κ2) is 6.31. The van der Waals surface area contributed by atoms with Crippen LogP contribution in [0.15, 0.2) is 52.9 Å². The van der Waals surface area contributed by atoms with E-state index in [1.807, 2.05) is 0 Å². The average Bonchev–Trinajstić information content (AvgIpc) is 3.02. The average molecular weight is 309 g/mol. The Balaban J connectivity index is 1.72. The zero-order chi connectivity index (χ0) is 16.2. The van der Waals surface area contributed by atoms with E-state index in [4.69, 9.17) is 9.15 Å². The van der Waals surface area contributed by atoms with E-state index in [1.165, 1.54) is 0 Å². The molecule has 0 atom stereocenters. The van der Waals surface area contributed by atoms with Gasteiger partial charge in [0.2, 0.25) is 11.8 Å². The summed E-state index contributed by atoms with van der Waals surface area (Å²) in [4.78, 5) is 12.2. The minimum Gasteiger partial charge on any atom is -0.497 e. The Bertz CT molecular complexity index is 808. The molecule has 0 fully saturated rings. The van der Waals surface area contributed by atoms with Crippen LogP contribution in [0.5, 0.6) is 5.75 Å². The lowest BCUT2D eigenvalue weighted by Crippen LogP contribution is -2.11. The lowest BCUT2D eigenvalue weighted by molar-refractivity contribution is 0.102. The number of hydrogen-bond acceptors (Lipinski definition) is 5. The molecule has 0 aliphatic rings. The van der Waals surface area contributed by atoms with Crippen LogP contribution in [0.4, 0.5) is 5.69 Å². The van der Waals surface area contributed by atoms with Gasteiger partial charge in [0, 0.05) is 23.7 Å². The molecular formula is C17H15N3O3. The predicted octanol–water partition coefficient (Wildman–Crippen LogP) is 3.31. The highest BCUT2D eigenvalue weighted by molar-refractivity contribution is 6.04. The number of benzene rings is 2. The number of rotatable bonds is 4. The molecule has 0 aliphatic carbocycles. The Morgan fingerprint density at radius 3 is 2.30 bits per heavy atom. The van der Waals surface area contributed by atoms with Crippen LogP contribution in [0.3, 0.4) is 0 Å². The maximum atomic E-state index is 12.2. The van der Waals surface area contributed by atoms with Gasteiger partial charge in [0.25, 0.3) is 5.91 Å². The SMILES string of the molecule is COc1ccc(NC(=O)c2ccc(-c3nnc(C)o3)cc2)cc1. The molecule has 1 N–H and O–H groups in total. The molecule has 2 aromatic carbocycles. The molecule has 1 aromatic heterocycles. The smallest absolute Gasteiger partial charge is 0.255 e. The number of carbonyl (C=O) groups is 1. The van der Waals surface area contributed by atoms with E-state index in [0.717, 1.165) is 11.3 Å². The van der Waals surface area contributed by atoms with Gasteiger partial charge in [-0.25, -0.2) is 0 Å². The first-order valence-electron chi connectivity index (χ1n) is 7.01. The van der Waals surface area contributed by atoms with E-state index in [2.05, 4.69) is 15.5 Å². The third-order valence-electron chi connectivity index (χ3n) is 3.27. The maximum absolute atomic E-state index is 12.2. The maximum Gasteiger partial charge on any atom is 0.255 e. The molecule has 6 heteroatoms. The molecular weight excluding hydrogens is 294 g/mol. The number of nitrogens with one attached hydrogen (secondary N) is 1. The fraction of sp³-hybridized carbons (Fsp3) is 0.118. The van der Waals surface area contributed by atoms with E-state index in [-0.39, 0.29) is 5.91 Å². The predicted molar refractivity (Wildman–Crippen MR) is 85.4 cm³/mol. The van der Waals surface area contributed by atoms with Gasteiger partial charge in [-0.05, 0) is 48.5 Å². The molecule has 0 bridgehead atoms. The van der Waals surface area contributed by atoms with Crippen molar-refractivity contribution in [1.82, 2.24) is 10.2 Å². The van der Waals surface area contributed by atoms with Gasteiger partial charge in [0.1, 0.15) is 5.75 Å². The third kappa shape index (κ3) is 3.37. The molecule has 1 heterocycles. The summed E-state index contributed by atoms with van der Waals surface area (Å²) in [6.07, 6.45) is 0. The van der Waals surface area contributed by atoms with Crippen molar-refractivity contribution in [3.63, 3.8) is 0 Å². The number of methoxy groups -OCH3 is 1. The third-order valence-corrected chi connectivity index (χ3v) is 3.27. The molecule has 0 saturated carbocycles. The van der Waals surface area contributed by atoms with Gasteiger partial charge in [-0.15, -0.1) is 10.2 Å². The second-order valence-electron chi connectivity index (χ2n) is 4.89. The molecule has 0 unspecified atom stereocenters. The minimum absolute atomic E-state index is 0.191. The normalized spacial score (nSPS) is 10.3. The molecule has 3 aromatic rings. The van der Waals surface area contributed by atoms with E-state index in [1.54, 1.807) is 62.6 Å². The number of hydrogen-bond donors (Lipinski definition) is 1. The van der Waals surface area contributed by atoms with Crippen molar-refractivity contribution in [3.8, 4) is 17.2 Å². The van der Waals surface area contributed by atoms with Crippen molar-refractivity contribution < 1.29 is 13.9 Å². The number of aromatic nitrogens is 2. The summed E-state index contributed by atoms with van der Waals surface area (Å²) in [5.41, 5.74) is 2.01. The van der Waals surface area contributed by atoms with E-state index in [9.17, 15) is 4.79 Å². The summed E-state index contributed by atoms with van der Waals surface area (Å²) in [6.45, 7) is 1.73. The van der Waals surface area contributed by atoms with Crippen molar-refractivity contribution in [2.75, 3.05) is 12.4 Å². The van der Waals surface area contributed by atoms with Crippen LogP contribution in [0.1, 0.15) is 16.2 Å². The van der Waals surface area contributed by atoms with Crippen molar-refractivity contribution in [2.24, 2.45) is 0 Å². The summed E-state index contributed by atoms with van der Waals surface area (Å²) in [5.74, 6) is 1.48. The van der Waals surface area contributed by atoms with Gasteiger partial charge in [-0.3, -0.25) is 4.79 Å². The summed E-state index contributed by atoms with van der Waals surface area (Å²) in [7, 11) is 1.60. The molecule has 0 aliphatic heterocycles. The van der Waals surface area contributed by atoms with Crippen LogP contribution >= 0.6 is 0 Å². The Hall–Kier alpha value is -3.15. The number of amides is 1. The van der Waals surface area contributed by atoms with Crippen molar-refractivity contribution >= 4 is 11.6 Å². The molecule has 1 amide bonds. The quantitative estimate of drug-likeness (QED) is 0.800. The van der Waals surface area contributed by atoms with Crippen molar-refractivity contribution in [1.29, 1.82) is 0 Å². The van der Waals surface area contributed by atoms with E-state index in [0.29, 0.717) is 23.0 Å². The van der Waals surface area contributed by atoms with Crippen molar-refractivity contribution in [3.05, 3.63) is 60.0 Å². The number of aryl methyl sites for hydroxylation is 1. The molecule has 6 nitrogen and oxygen atoms in total. The zero-order valence-corrected chi connectivity index (χ0v) is 12.7. The fourth-order valence-corrected chi connectivity index (χ4v) is 2.06. The van der Waals surface area contributed by atoms with Crippen LogP contribution in [0.25, 0.3) is 11.5 Å². The largest absolute Gasteiger partial charge is 0.497 e. The van der Waals surface area contributed by atoms with Gasteiger partial charge >= 0.3 is 0 Å². The van der Waals surface area contributed by atoms with Gasteiger partial charge in [0.15, 0.2) is 0 Å². The molecule has 23 heavy (non-hydrogen) atoms. The number of nitrogens with zero attached hydrogens (tertiary/aromatic N) is 2. The highest BCUT2D eigenvalue weighted by Gasteiger charge is 2.09. The molecule has 0 saturated heterocycles. The Morgan fingerprint density at radius 2 is 1.74 bits per heavy atom. The second-order valence-corrected chi connectivity index (χ2v) is 4.89. The zero-order valence-electron chi connectivity index (χ0n) is 12.7. The summed E-state index contributed by atoms with van der Waals surface area (Å²) < 4.78 is 10.4. The summed E-state index contributed by atoms with van der Waals surface area (Å²) >= 11 is 0. The Morgan fingerprint density at radius 1 is 1.04 bits per heavy atom. The molecule has 0 radical (unpaired) electrons. The standard InChI is InChI=1S/C17H15N3O3/c1-11-19-20-17(23-11)13-5-3-12(4-6-13)16(21)18-14-7-9-15(22-2)10-8-14/h3-10H,1-2H3,(H,18,21). The lowest BCUT2D eigenvalue weighted by Gasteiger charge is -2.06. The number of anilines is 1. The highest BCUT2D eigenvalue weighted by atomic mass is 16.5. The van der Waals surface area contributed by atoms with Crippen molar-refractivity contribution in [2.45, 2.75) is 6.92 Å². The van der Waals surface area contributed by atoms with E-state index < -0.39 is 0 Å². The van der Waals surface area contributed by atoms with Gasteiger partial charge < -0.3 is 14.5 Å². The van der Waals surface area contributed by atoms with Gasteiger partial charge in [0.05, 0.1) is 7.11 Å². The Kier molecular flexibility index (Phi) is 4.05. The Labute approximate surface area is 133 Å². The lowest BCUT2D eigenvalue weighted by atomic mass is 10.1. The highest BCUT2D eigenvalue weighted by Crippen LogP contribution is 2.19. The first-order chi connectivity index (χ1) is 11.2. The first-order valence-corrected chi connectivity index (χ1v) is 7.01. The molecule has 3 rings (SSSR count). The topological polar surface area (TPSA) is 77.2 Å². The minimum atomic E-state index is -0.191. The van der Waals surface area contributed by atoms with Gasteiger partial charge in [-0.2, -0.15) is 0 Å². The number of carbonyl (C=O) groups excluding carboxylic acids is 1. The van der Waals surface area contributed by atoms with Crippen LogP contribution in [-0.4, -0.2) is 23.2 Å². The van der Waals surface area contributed by atoms with E-state index >= 15 is 0 Å². The van der Waals surface area contributed by atoms with Crippen LogP contribution in [0, 0.1) is 6.92 Å². The number of ether oxygens (including phenoxy) is 1. The van der Waals surface area contributed by atoms with Gasteiger partial charge in [-0.1, -0.05) is 0 Å².